The van der Waals surface area contributed by atoms with Gasteiger partial charge < -0.3 is 16.8 Å². The Bertz CT molecular complexity index is 202. The van der Waals surface area contributed by atoms with E-state index in [1.807, 2.05) is 6.20 Å². The molecule has 1 heterocycles. The molecule has 68 valence electrons. The highest BCUT2D eigenvalue weighted by molar-refractivity contribution is 5.28. The van der Waals surface area contributed by atoms with Crippen molar-refractivity contribution in [1.82, 2.24) is 5.32 Å². The predicted octanol–water partition coefficient (Wildman–Crippen LogP) is -0.0466. The summed E-state index contributed by atoms with van der Waals surface area (Å²) in [5.74, 6) is 0.334. The van der Waals surface area contributed by atoms with Crippen LogP contribution >= 0.6 is 0 Å². The quantitative estimate of drug-likeness (QED) is 0.552. The molecule has 1 aliphatic heterocycles. The molecule has 1 rings (SSSR count). The summed E-state index contributed by atoms with van der Waals surface area (Å²) in [7, 11) is 0. The molecule has 12 heavy (non-hydrogen) atoms. The number of nitrogens with one attached hydrogen (secondary N) is 1. The van der Waals surface area contributed by atoms with Crippen LogP contribution in [0, 0.1) is 5.92 Å². The first-order valence-corrected chi connectivity index (χ1v) is 4.28. The molecule has 0 radical (unpaired) electrons. The topological polar surface area (TPSA) is 64.1 Å². The van der Waals surface area contributed by atoms with Crippen LogP contribution in [0.4, 0.5) is 0 Å². The van der Waals surface area contributed by atoms with Gasteiger partial charge in [-0.2, -0.15) is 0 Å². The lowest BCUT2D eigenvalue weighted by molar-refractivity contribution is 0.608. The van der Waals surface area contributed by atoms with E-state index in [-0.39, 0.29) is 0 Å². The number of dihydropyridines is 1. The van der Waals surface area contributed by atoms with Crippen LogP contribution in [0.3, 0.4) is 0 Å². The first-order valence-electron chi connectivity index (χ1n) is 4.28. The van der Waals surface area contributed by atoms with E-state index in [1.165, 1.54) is 11.1 Å². The Morgan fingerprint density at radius 1 is 1.50 bits per heavy atom. The molecular weight excluding hydrogens is 150 g/mol. The van der Waals surface area contributed by atoms with Gasteiger partial charge in [-0.15, -0.1) is 0 Å². The average Bonchev–Trinajstić information content (AvgIpc) is 2.07. The maximum absolute atomic E-state index is 5.59. The highest BCUT2D eigenvalue weighted by Crippen LogP contribution is 2.13. The first-order chi connectivity index (χ1) is 5.77. The van der Waals surface area contributed by atoms with Gasteiger partial charge in [0.15, 0.2) is 0 Å². The molecule has 0 aromatic rings. The van der Waals surface area contributed by atoms with Crippen molar-refractivity contribution in [3.8, 4) is 0 Å². The SMILES string of the molecule is CC1=CNCC(C(CN)CN)=C1. The number of allylic oxidation sites excluding steroid dienone is 2. The van der Waals surface area contributed by atoms with Crippen molar-refractivity contribution in [1.29, 1.82) is 0 Å². The summed E-state index contributed by atoms with van der Waals surface area (Å²) in [6.45, 7) is 4.22. The van der Waals surface area contributed by atoms with Crippen LogP contribution in [-0.4, -0.2) is 19.6 Å². The van der Waals surface area contributed by atoms with E-state index >= 15 is 0 Å². The van der Waals surface area contributed by atoms with E-state index in [1.54, 1.807) is 0 Å². The Labute approximate surface area is 73.5 Å². The smallest absolute Gasteiger partial charge is 0.0361 e. The van der Waals surface area contributed by atoms with Crippen LogP contribution in [0.2, 0.25) is 0 Å². The predicted molar refractivity (Wildman–Crippen MR) is 51.4 cm³/mol. The van der Waals surface area contributed by atoms with E-state index in [0.717, 1.165) is 6.54 Å². The minimum atomic E-state index is 0.334. The van der Waals surface area contributed by atoms with Gasteiger partial charge in [0.25, 0.3) is 0 Å². The molecule has 0 bridgehead atoms. The van der Waals surface area contributed by atoms with Gasteiger partial charge in [0.05, 0.1) is 0 Å². The monoisotopic (exact) mass is 167 g/mol. The number of nitrogens with two attached hydrogens (primary N) is 2. The highest BCUT2D eigenvalue weighted by atomic mass is 14.8. The van der Waals surface area contributed by atoms with Gasteiger partial charge in [0.2, 0.25) is 0 Å². The Morgan fingerprint density at radius 3 is 2.67 bits per heavy atom. The van der Waals surface area contributed by atoms with Crippen molar-refractivity contribution in [2.24, 2.45) is 17.4 Å². The van der Waals surface area contributed by atoms with Gasteiger partial charge in [-0.25, -0.2) is 0 Å². The fourth-order valence-corrected chi connectivity index (χ4v) is 1.38. The van der Waals surface area contributed by atoms with Crippen molar-refractivity contribution in [3.05, 3.63) is 23.4 Å². The molecule has 0 fully saturated rings. The molecule has 0 spiro atoms. The van der Waals surface area contributed by atoms with Gasteiger partial charge in [-0.05, 0) is 24.3 Å². The minimum absolute atomic E-state index is 0.334. The normalized spacial score (nSPS) is 17.0. The lowest BCUT2D eigenvalue weighted by atomic mass is 9.96. The molecule has 0 amide bonds. The second kappa shape index (κ2) is 4.28. The summed E-state index contributed by atoms with van der Waals surface area (Å²) < 4.78 is 0. The third-order valence-corrected chi connectivity index (χ3v) is 2.14. The fourth-order valence-electron chi connectivity index (χ4n) is 1.38. The van der Waals surface area contributed by atoms with Gasteiger partial charge in [0.1, 0.15) is 0 Å². The number of rotatable bonds is 3. The van der Waals surface area contributed by atoms with E-state index in [4.69, 9.17) is 11.5 Å². The van der Waals surface area contributed by atoms with Crippen LogP contribution in [0.15, 0.2) is 23.4 Å². The second-order valence-electron chi connectivity index (χ2n) is 3.16. The van der Waals surface area contributed by atoms with Crippen LogP contribution in [-0.2, 0) is 0 Å². The zero-order valence-corrected chi connectivity index (χ0v) is 7.51. The zero-order chi connectivity index (χ0) is 8.97. The van der Waals surface area contributed by atoms with Crippen LogP contribution in [0.25, 0.3) is 0 Å². The van der Waals surface area contributed by atoms with Crippen LogP contribution in [0.5, 0.6) is 0 Å². The molecule has 0 atom stereocenters. The molecule has 0 aromatic heterocycles. The molecule has 0 saturated carbocycles. The van der Waals surface area contributed by atoms with Crippen molar-refractivity contribution in [2.75, 3.05) is 19.6 Å². The van der Waals surface area contributed by atoms with Crippen molar-refractivity contribution >= 4 is 0 Å². The Kier molecular flexibility index (Phi) is 3.31. The Balaban J connectivity index is 2.66. The van der Waals surface area contributed by atoms with Gasteiger partial charge >= 0.3 is 0 Å². The third kappa shape index (κ3) is 2.09. The van der Waals surface area contributed by atoms with E-state index in [9.17, 15) is 0 Å². The van der Waals surface area contributed by atoms with Gasteiger partial charge in [-0.3, -0.25) is 0 Å². The number of hydrogen-bond donors (Lipinski definition) is 3. The summed E-state index contributed by atoms with van der Waals surface area (Å²) in [6, 6.07) is 0. The molecular formula is C9H17N3. The molecule has 0 aromatic carbocycles. The zero-order valence-electron chi connectivity index (χ0n) is 7.51. The summed E-state index contributed by atoms with van der Waals surface area (Å²) >= 11 is 0. The third-order valence-electron chi connectivity index (χ3n) is 2.14. The minimum Gasteiger partial charge on any atom is -0.387 e. The number of hydrogen-bond acceptors (Lipinski definition) is 3. The standard InChI is InChI=1S/C9H17N3/c1-7-2-8(6-12-5-7)9(3-10)4-11/h2,5,9,12H,3-4,6,10-11H2,1H3. The molecule has 0 unspecified atom stereocenters. The Morgan fingerprint density at radius 2 is 2.17 bits per heavy atom. The second-order valence-corrected chi connectivity index (χ2v) is 3.16. The molecule has 3 heteroatoms. The molecule has 0 saturated heterocycles. The maximum Gasteiger partial charge on any atom is 0.0361 e. The van der Waals surface area contributed by atoms with E-state index in [0.29, 0.717) is 19.0 Å². The average molecular weight is 167 g/mol. The maximum atomic E-state index is 5.59. The fraction of sp³-hybridized carbons (Fsp3) is 0.556. The lowest BCUT2D eigenvalue weighted by Gasteiger charge is -2.20. The summed E-state index contributed by atoms with van der Waals surface area (Å²) in [5.41, 5.74) is 13.7. The van der Waals surface area contributed by atoms with Crippen molar-refractivity contribution in [2.45, 2.75) is 6.92 Å². The van der Waals surface area contributed by atoms with Gasteiger partial charge in [-0.1, -0.05) is 6.08 Å². The summed E-state index contributed by atoms with van der Waals surface area (Å²) in [6.07, 6.45) is 4.18. The molecule has 5 N–H and O–H groups in total. The summed E-state index contributed by atoms with van der Waals surface area (Å²) in [5, 5.41) is 3.19. The van der Waals surface area contributed by atoms with E-state index in [2.05, 4.69) is 18.3 Å². The van der Waals surface area contributed by atoms with E-state index < -0.39 is 0 Å². The van der Waals surface area contributed by atoms with Crippen molar-refractivity contribution < 1.29 is 0 Å². The molecule has 3 nitrogen and oxygen atoms in total. The van der Waals surface area contributed by atoms with Gasteiger partial charge in [0, 0.05) is 25.6 Å². The molecule has 0 aliphatic carbocycles. The summed E-state index contributed by atoms with van der Waals surface area (Å²) in [4.78, 5) is 0. The lowest BCUT2D eigenvalue weighted by Crippen LogP contribution is -2.30. The first kappa shape index (κ1) is 9.29. The molecule has 1 aliphatic rings. The van der Waals surface area contributed by atoms with Crippen molar-refractivity contribution in [3.63, 3.8) is 0 Å². The Hall–Kier alpha value is -0.800. The highest BCUT2D eigenvalue weighted by Gasteiger charge is 2.11. The van der Waals surface area contributed by atoms with Crippen LogP contribution < -0.4 is 16.8 Å². The van der Waals surface area contributed by atoms with Crippen LogP contribution in [0.1, 0.15) is 6.92 Å². The largest absolute Gasteiger partial charge is 0.387 e.